The molecule has 0 aliphatic carbocycles. The first kappa shape index (κ1) is 26.6. The van der Waals surface area contributed by atoms with Gasteiger partial charge in [0.1, 0.15) is 11.6 Å². The quantitative estimate of drug-likeness (QED) is 0.440. The second kappa shape index (κ2) is 10.3. The van der Waals surface area contributed by atoms with Crippen LogP contribution in [0.5, 0.6) is 0 Å². The molecular weight excluding hydrogens is 482 g/mol. The van der Waals surface area contributed by atoms with E-state index in [4.69, 9.17) is 9.84 Å². The predicted octanol–water partition coefficient (Wildman–Crippen LogP) is 2.92. The van der Waals surface area contributed by atoms with E-state index in [-0.39, 0.29) is 24.3 Å². The molecule has 4 aliphatic heterocycles. The number of likely N-dealkylation sites (tertiary alicyclic amines) is 1. The summed E-state index contributed by atoms with van der Waals surface area (Å²) >= 11 is 0. The Balaban J connectivity index is 1.54. The van der Waals surface area contributed by atoms with Gasteiger partial charge in [-0.3, -0.25) is 14.4 Å². The van der Waals surface area contributed by atoms with Gasteiger partial charge in [-0.15, -0.1) is 0 Å². The zero-order valence-corrected chi connectivity index (χ0v) is 22.6. The van der Waals surface area contributed by atoms with Crippen LogP contribution in [0.1, 0.15) is 46.5 Å². The SMILES string of the molecule is CC(C)(C)N1CC=C[C@]23O[C@@H]4C=CCN(c5ccccc5)C(=O)[C@@H]4[C@H]2C(=O)N(CCCCCCO)C3C1=O. The van der Waals surface area contributed by atoms with Crippen molar-refractivity contribution in [1.82, 2.24) is 9.80 Å². The van der Waals surface area contributed by atoms with Gasteiger partial charge >= 0.3 is 0 Å². The van der Waals surface area contributed by atoms with E-state index in [1.165, 1.54) is 0 Å². The van der Waals surface area contributed by atoms with Gasteiger partial charge in [0, 0.05) is 37.5 Å². The Morgan fingerprint density at radius 3 is 2.39 bits per heavy atom. The molecular formula is C30H39N3O5. The Hall–Kier alpha value is -2.97. The van der Waals surface area contributed by atoms with Gasteiger partial charge in [-0.2, -0.15) is 0 Å². The number of amides is 3. The summed E-state index contributed by atoms with van der Waals surface area (Å²) < 4.78 is 6.71. The molecule has 4 aliphatic rings. The van der Waals surface area contributed by atoms with E-state index in [0.29, 0.717) is 26.1 Å². The standard InChI is InChI=1S/C30H39N3O5/c1-29(2,3)33-19-12-16-30-24(27(36)32(25(30)28(33)37)17-9-4-5-10-20-34)23-22(38-30)15-11-18-31(26(23)35)21-13-7-6-8-14-21/h6-8,11-16,22-25,34H,4-5,9-10,17-20H2,1-3H3/t22-,23+,24+,25?,30+/m1/s1. The summed E-state index contributed by atoms with van der Waals surface area (Å²) in [6.07, 6.45) is 10.2. The first-order valence-electron chi connectivity index (χ1n) is 13.8. The number of carbonyl (C=O) groups is 3. The fourth-order valence-electron chi connectivity index (χ4n) is 6.57. The van der Waals surface area contributed by atoms with Crippen LogP contribution >= 0.6 is 0 Å². The van der Waals surface area contributed by atoms with E-state index in [2.05, 4.69) is 0 Å². The maximum absolute atomic E-state index is 14.2. The first-order chi connectivity index (χ1) is 18.2. The maximum atomic E-state index is 14.2. The van der Waals surface area contributed by atoms with Gasteiger partial charge in [0.2, 0.25) is 17.7 Å². The van der Waals surface area contributed by atoms with Crippen molar-refractivity contribution in [3.05, 3.63) is 54.6 Å². The monoisotopic (exact) mass is 521 g/mol. The van der Waals surface area contributed by atoms with Crippen LogP contribution in [0, 0.1) is 11.8 Å². The summed E-state index contributed by atoms with van der Waals surface area (Å²) in [5.74, 6) is -1.97. The summed E-state index contributed by atoms with van der Waals surface area (Å²) in [5.41, 5.74) is -0.865. The minimum Gasteiger partial charge on any atom is -0.396 e. The Bertz CT molecular complexity index is 1130. The molecule has 1 spiro atoms. The molecule has 5 atom stereocenters. The van der Waals surface area contributed by atoms with Gasteiger partial charge in [-0.25, -0.2) is 0 Å². The summed E-state index contributed by atoms with van der Waals surface area (Å²) in [5, 5.41) is 9.13. The lowest BCUT2D eigenvalue weighted by atomic mass is 9.77. The van der Waals surface area contributed by atoms with Crippen molar-refractivity contribution < 1.29 is 24.2 Å². The smallest absolute Gasteiger partial charge is 0.249 e. The Kier molecular flexibility index (Phi) is 7.22. The van der Waals surface area contributed by atoms with Crippen LogP contribution in [-0.4, -0.2) is 82.2 Å². The fraction of sp³-hybridized carbons (Fsp3) is 0.567. The number of rotatable bonds is 7. The topological polar surface area (TPSA) is 90.4 Å². The highest BCUT2D eigenvalue weighted by Gasteiger charge is 2.72. The van der Waals surface area contributed by atoms with Crippen molar-refractivity contribution in [2.75, 3.05) is 31.1 Å². The van der Waals surface area contributed by atoms with Gasteiger partial charge in [-0.1, -0.05) is 55.3 Å². The summed E-state index contributed by atoms with van der Waals surface area (Å²) in [6, 6.07) is 8.66. The van der Waals surface area contributed by atoms with Crippen molar-refractivity contribution in [3.63, 3.8) is 0 Å². The summed E-state index contributed by atoms with van der Waals surface area (Å²) in [6.45, 7) is 7.36. The highest BCUT2D eigenvalue weighted by Crippen LogP contribution is 2.54. The molecule has 1 aromatic carbocycles. The molecule has 0 radical (unpaired) electrons. The third-order valence-corrected chi connectivity index (χ3v) is 8.34. The van der Waals surface area contributed by atoms with Crippen molar-refractivity contribution in [2.45, 2.75) is 69.7 Å². The normalized spacial score (nSPS) is 30.8. The lowest BCUT2D eigenvalue weighted by molar-refractivity contribution is -0.150. The van der Waals surface area contributed by atoms with E-state index in [0.717, 1.165) is 24.9 Å². The largest absolute Gasteiger partial charge is 0.396 e. The van der Waals surface area contributed by atoms with Crippen LogP contribution in [0.4, 0.5) is 5.69 Å². The van der Waals surface area contributed by atoms with Crippen LogP contribution in [0.25, 0.3) is 0 Å². The van der Waals surface area contributed by atoms with Crippen LogP contribution in [-0.2, 0) is 19.1 Å². The summed E-state index contributed by atoms with van der Waals surface area (Å²) in [4.78, 5) is 47.8. The Morgan fingerprint density at radius 2 is 1.68 bits per heavy atom. The lowest BCUT2D eigenvalue weighted by Gasteiger charge is -2.40. The molecule has 3 amide bonds. The number of benzene rings is 1. The molecule has 0 saturated carbocycles. The molecule has 204 valence electrons. The minimum atomic E-state index is -1.20. The highest BCUT2D eigenvalue weighted by atomic mass is 16.5. The van der Waals surface area contributed by atoms with Gasteiger partial charge < -0.3 is 24.5 Å². The van der Waals surface area contributed by atoms with Crippen molar-refractivity contribution in [3.8, 4) is 0 Å². The van der Waals surface area contributed by atoms with Crippen LogP contribution in [0.15, 0.2) is 54.6 Å². The Morgan fingerprint density at radius 1 is 0.947 bits per heavy atom. The third kappa shape index (κ3) is 4.37. The third-order valence-electron chi connectivity index (χ3n) is 8.34. The molecule has 2 saturated heterocycles. The molecule has 8 nitrogen and oxygen atoms in total. The van der Waals surface area contributed by atoms with E-state index in [1.54, 1.807) is 9.80 Å². The minimum absolute atomic E-state index is 0.137. The molecule has 1 aromatic rings. The average Bonchev–Trinajstić information content (AvgIpc) is 3.18. The molecule has 1 N–H and O–H groups in total. The molecule has 1 unspecified atom stereocenters. The molecule has 8 heteroatoms. The number of hydrogen-bond acceptors (Lipinski definition) is 5. The van der Waals surface area contributed by atoms with Crippen molar-refractivity contribution in [2.24, 2.45) is 11.8 Å². The number of hydrogen-bond donors (Lipinski definition) is 1. The second-order valence-electron chi connectivity index (χ2n) is 11.7. The average molecular weight is 522 g/mol. The number of aliphatic hydroxyl groups is 1. The zero-order chi connectivity index (χ0) is 27.1. The molecule has 38 heavy (non-hydrogen) atoms. The summed E-state index contributed by atoms with van der Waals surface area (Å²) in [7, 11) is 0. The Labute approximate surface area is 224 Å². The number of anilines is 1. The maximum Gasteiger partial charge on any atom is 0.249 e. The van der Waals surface area contributed by atoms with Gasteiger partial charge in [0.05, 0.1) is 17.9 Å². The van der Waals surface area contributed by atoms with E-state index < -0.39 is 35.1 Å². The number of para-hydroxylation sites is 1. The number of fused-ring (bicyclic) bond motifs is 2. The number of nitrogens with zero attached hydrogens (tertiary/aromatic N) is 3. The molecule has 0 aromatic heterocycles. The van der Waals surface area contributed by atoms with Crippen molar-refractivity contribution >= 4 is 23.4 Å². The molecule has 4 heterocycles. The van der Waals surface area contributed by atoms with E-state index >= 15 is 0 Å². The van der Waals surface area contributed by atoms with Crippen LogP contribution in [0.3, 0.4) is 0 Å². The number of unbranched alkanes of at least 4 members (excludes halogenated alkanes) is 3. The van der Waals surface area contributed by atoms with Gasteiger partial charge in [0.25, 0.3) is 0 Å². The highest BCUT2D eigenvalue weighted by molar-refractivity contribution is 6.03. The second-order valence-corrected chi connectivity index (χ2v) is 11.7. The molecule has 2 fully saturated rings. The van der Waals surface area contributed by atoms with Gasteiger partial charge in [-0.05, 0) is 45.7 Å². The van der Waals surface area contributed by atoms with E-state index in [9.17, 15) is 14.4 Å². The number of aliphatic hydroxyl groups excluding tert-OH is 1. The number of ether oxygens (including phenoxy) is 1. The predicted molar refractivity (Wildman–Crippen MR) is 144 cm³/mol. The van der Waals surface area contributed by atoms with Crippen molar-refractivity contribution in [1.29, 1.82) is 0 Å². The van der Waals surface area contributed by atoms with Crippen LogP contribution in [0.2, 0.25) is 0 Å². The first-order valence-corrected chi connectivity index (χ1v) is 13.8. The lowest BCUT2D eigenvalue weighted by Crippen LogP contribution is -2.58. The fourth-order valence-corrected chi connectivity index (χ4v) is 6.57. The van der Waals surface area contributed by atoms with E-state index in [1.807, 2.05) is 80.3 Å². The molecule has 0 bridgehead atoms. The zero-order valence-electron chi connectivity index (χ0n) is 22.6. The number of carbonyl (C=O) groups excluding carboxylic acids is 3. The molecule has 5 rings (SSSR count). The van der Waals surface area contributed by atoms with Gasteiger partial charge in [0.15, 0.2) is 0 Å². The van der Waals surface area contributed by atoms with Crippen LogP contribution < -0.4 is 4.90 Å².